The monoisotopic (exact) mass is 519 g/mol. The Morgan fingerprint density at radius 3 is 2.55 bits per heavy atom. The maximum absolute atomic E-state index is 13.1. The topological polar surface area (TPSA) is 144 Å². The van der Waals surface area contributed by atoms with Crippen LogP contribution in [0.25, 0.3) is 11.1 Å². The van der Waals surface area contributed by atoms with Crippen LogP contribution in [-0.2, 0) is 16.1 Å². The highest BCUT2D eigenvalue weighted by atomic mass is 16.6. The molecule has 0 spiro atoms. The molecule has 0 unspecified atom stereocenters. The Hall–Kier alpha value is -4.54. The molecule has 2 aromatic heterocycles. The molecular weight excluding hydrogens is 490 g/mol. The standard InChI is InChI=1S/C27H29N5O6/c1-27(2,3)38-26(36)32(14-19-9-10-28-16-30-19)15-23(33)31-22-12-18(13-29-24(22)25(34)35)17-5-4-6-21(11-17)37-20-7-8-20/h4-6,9-13,16,20H,7-8,14-15H2,1-3H3,(H,31,33)(H,34,35). The molecule has 11 nitrogen and oxygen atoms in total. The Balaban J connectivity index is 1.55. The molecule has 0 aliphatic heterocycles. The fourth-order valence-electron chi connectivity index (χ4n) is 3.50. The van der Waals surface area contributed by atoms with Crippen LogP contribution in [0.3, 0.4) is 0 Å². The molecule has 2 N–H and O–H groups in total. The normalized spacial score (nSPS) is 12.9. The van der Waals surface area contributed by atoms with E-state index in [1.165, 1.54) is 29.7 Å². The van der Waals surface area contributed by atoms with Gasteiger partial charge in [0.15, 0.2) is 5.69 Å². The quantitative estimate of drug-likeness (QED) is 0.426. The maximum atomic E-state index is 13.1. The summed E-state index contributed by atoms with van der Waals surface area (Å²) in [5.41, 5.74) is 0.733. The number of ether oxygens (including phenoxy) is 2. The van der Waals surface area contributed by atoms with E-state index in [1.807, 2.05) is 24.3 Å². The summed E-state index contributed by atoms with van der Waals surface area (Å²) in [5.74, 6) is -1.23. The van der Waals surface area contributed by atoms with E-state index in [0.717, 1.165) is 18.4 Å². The molecule has 198 valence electrons. The number of aromatic carboxylic acids is 1. The number of benzene rings is 1. The number of pyridine rings is 1. The van der Waals surface area contributed by atoms with Crippen molar-refractivity contribution in [2.75, 3.05) is 11.9 Å². The third-order valence-electron chi connectivity index (χ3n) is 5.34. The van der Waals surface area contributed by atoms with Crippen LogP contribution >= 0.6 is 0 Å². The molecule has 1 fully saturated rings. The molecule has 4 rings (SSSR count). The number of carboxylic acids is 1. The van der Waals surface area contributed by atoms with Crippen LogP contribution in [0.1, 0.15) is 49.8 Å². The van der Waals surface area contributed by atoms with Gasteiger partial charge in [0.05, 0.1) is 24.0 Å². The minimum atomic E-state index is -1.30. The predicted molar refractivity (Wildman–Crippen MR) is 138 cm³/mol. The predicted octanol–water partition coefficient (Wildman–Crippen LogP) is 4.15. The van der Waals surface area contributed by atoms with Crippen LogP contribution in [0.15, 0.2) is 55.1 Å². The summed E-state index contributed by atoms with van der Waals surface area (Å²) in [6.45, 7) is 4.73. The summed E-state index contributed by atoms with van der Waals surface area (Å²) in [6.07, 6.45) is 5.84. The number of hydrogen-bond donors (Lipinski definition) is 2. The van der Waals surface area contributed by atoms with Crippen molar-refractivity contribution in [3.05, 3.63) is 66.5 Å². The first-order valence-electron chi connectivity index (χ1n) is 12.1. The minimum Gasteiger partial charge on any atom is -0.490 e. The van der Waals surface area contributed by atoms with Gasteiger partial charge in [-0.25, -0.2) is 24.5 Å². The van der Waals surface area contributed by atoms with Crippen molar-refractivity contribution >= 4 is 23.7 Å². The third-order valence-corrected chi connectivity index (χ3v) is 5.34. The first-order chi connectivity index (χ1) is 18.1. The lowest BCUT2D eigenvalue weighted by molar-refractivity contribution is -0.117. The van der Waals surface area contributed by atoms with E-state index in [2.05, 4.69) is 20.3 Å². The highest BCUT2D eigenvalue weighted by Gasteiger charge is 2.26. The van der Waals surface area contributed by atoms with E-state index in [1.54, 1.807) is 26.8 Å². The zero-order chi connectivity index (χ0) is 27.3. The van der Waals surface area contributed by atoms with Crippen LogP contribution in [0.4, 0.5) is 10.5 Å². The zero-order valence-electron chi connectivity index (χ0n) is 21.4. The molecule has 1 aromatic carbocycles. The van der Waals surface area contributed by atoms with E-state index in [4.69, 9.17) is 9.47 Å². The number of rotatable bonds is 9. The van der Waals surface area contributed by atoms with E-state index in [0.29, 0.717) is 17.0 Å². The zero-order valence-corrected chi connectivity index (χ0v) is 21.4. The Kier molecular flexibility index (Phi) is 7.85. The van der Waals surface area contributed by atoms with Crippen molar-refractivity contribution in [2.45, 2.75) is 51.9 Å². The van der Waals surface area contributed by atoms with Crippen molar-refractivity contribution in [1.82, 2.24) is 19.9 Å². The van der Waals surface area contributed by atoms with Crippen LogP contribution in [-0.4, -0.2) is 61.2 Å². The summed E-state index contributed by atoms with van der Waals surface area (Å²) in [4.78, 5) is 50.9. The summed E-state index contributed by atoms with van der Waals surface area (Å²) in [6, 6.07) is 10.5. The Labute approximate surface area is 219 Å². The molecule has 38 heavy (non-hydrogen) atoms. The molecule has 0 radical (unpaired) electrons. The van der Waals surface area contributed by atoms with E-state index in [9.17, 15) is 19.5 Å². The molecule has 2 heterocycles. The number of hydrogen-bond acceptors (Lipinski definition) is 8. The molecule has 1 saturated carbocycles. The van der Waals surface area contributed by atoms with Crippen molar-refractivity contribution in [1.29, 1.82) is 0 Å². The van der Waals surface area contributed by atoms with Gasteiger partial charge in [0.2, 0.25) is 5.91 Å². The molecule has 11 heteroatoms. The molecular formula is C27H29N5O6. The fraction of sp³-hybridized carbons (Fsp3) is 0.333. The Bertz CT molecular complexity index is 1320. The molecule has 3 aromatic rings. The van der Waals surface area contributed by atoms with Crippen molar-refractivity contribution in [2.24, 2.45) is 0 Å². The Morgan fingerprint density at radius 2 is 1.89 bits per heavy atom. The number of nitrogens with zero attached hydrogens (tertiary/aromatic N) is 4. The van der Waals surface area contributed by atoms with Gasteiger partial charge in [0.1, 0.15) is 24.2 Å². The van der Waals surface area contributed by atoms with Crippen LogP contribution in [0.2, 0.25) is 0 Å². The van der Waals surface area contributed by atoms with Gasteiger partial charge in [0.25, 0.3) is 0 Å². The molecule has 2 amide bonds. The average molecular weight is 520 g/mol. The number of carbonyl (C=O) groups excluding carboxylic acids is 2. The second-order valence-electron chi connectivity index (χ2n) is 9.86. The lowest BCUT2D eigenvalue weighted by Gasteiger charge is -2.27. The number of carbonyl (C=O) groups is 3. The minimum absolute atomic E-state index is 0.000288. The maximum Gasteiger partial charge on any atom is 0.411 e. The molecule has 1 aliphatic rings. The van der Waals surface area contributed by atoms with Gasteiger partial charge in [-0.3, -0.25) is 9.69 Å². The van der Waals surface area contributed by atoms with E-state index < -0.39 is 30.1 Å². The van der Waals surface area contributed by atoms with E-state index in [-0.39, 0.29) is 24.0 Å². The lowest BCUT2D eigenvalue weighted by Crippen LogP contribution is -2.41. The second kappa shape index (κ2) is 11.2. The summed E-state index contributed by atoms with van der Waals surface area (Å²) in [7, 11) is 0. The number of aromatic nitrogens is 3. The number of carboxylic acid groups (broad SMARTS) is 1. The first kappa shape index (κ1) is 26.5. The van der Waals surface area contributed by atoms with Crippen molar-refractivity contribution < 1.29 is 29.0 Å². The van der Waals surface area contributed by atoms with Gasteiger partial charge in [-0.2, -0.15) is 0 Å². The van der Waals surface area contributed by atoms with E-state index >= 15 is 0 Å². The number of nitrogens with one attached hydrogen (secondary N) is 1. The van der Waals surface area contributed by atoms with Gasteiger partial charge < -0.3 is 19.9 Å². The van der Waals surface area contributed by atoms with Gasteiger partial charge in [0, 0.05) is 18.0 Å². The largest absolute Gasteiger partial charge is 0.490 e. The van der Waals surface area contributed by atoms with Gasteiger partial charge in [-0.1, -0.05) is 12.1 Å². The van der Waals surface area contributed by atoms with Gasteiger partial charge >= 0.3 is 12.1 Å². The highest BCUT2D eigenvalue weighted by molar-refractivity contribution is 6.01. The molecule has 1 aliphatic carbocycles. The highest BCUT2D eigenvalue weighted by Crippen LogP contribution is 2.31. The smallest absolute Gasteiger partial charge is 0.411 e. The number of anilines is 1. The first-order valence-corrected chi connectivity index (χ1v) is 12.1. The summed E-state index contributed by atoms with van der Waals surface area (Å²) < 4.78 is 11.3. The second-order valence-corrected chi connectivity index (χ2v) is 9.86. The molecule has 0 bridgehead atoms. The van der Waals surface area contributed by atoms with Crippen LogP contribution < -0.4 is 10.1 Å². The van der Waals surface area contributed by atoms with Crippen molar-refractivity contribution in [3.8, 4) is 16.9 Å². The van der Waals surface area contributed by atoms with Gasteiger partial charge in [-0.15, -0.1) is 0 Å². The molecule has 0 atom stereocenters. The summed E-state index contributed by atoms with van der Waals surface area (Å²) in [5, 5.41) is 12.2. The van der Waals surface area contributed by atoms with Gasteiger partial charge in [-0.05, 0) is 63.4 Å². The molecule has 0 saturated heterocycles. The lowest BCUT2D eigenvalue weighted by atomic mass is 10.1. The SMILES string of the molecule is CC(C)(C)OC(=O)N(CC(=O)Nc1cc(-c2cccc(OC3CC3)c2)cnc1C(=O)O)Cc1ccncn1. The average Bonchev–Trinajstić information content (AvgIpc) is 3.67. The third kappa shape index (κ3) is 7.48. The summed E-state index contributed by atoms with van der Waals surface area (Å²) >= 11 is 0. The van der Waals surface area contributed by atoms with Crippen LogP contribution in [0.5, 0.6) is 5.75 Å². The Morgan fingerprint density at radius 1 is 1.11 bits per heavy atom. The number of amides is 2. The van der Waals surface area contributed by atoms with Crippen molar-refractivity contribution in [3.63, 3.8) is 0 Å². The van der Waals surface area contributed by atoms with Crippen LogP contribution in [0, 0.1) is 0 Å². The fourth-order valence-corrected chi connectivity index (χ4v) is 3.50.